The number of alkyl halides is 1. The molecule has 1 aromatic carbocycles. The molecular weight excluding hydrogens is 282 g/mol. The summed E-state index contributed by atoms with van der Waals surface area (Å²) in [4.78, 5) is 13.7. The van der Waals surface area contributed by atoms with Crippen LogP contribution in [0.1, 0.15) is 13.8 Å². The molecule has 1 rings (SSSR count). The zero-order valence-corrected chi connectivity index (χ0v) is 11.8. The van der Waals surface area contributed by atoms with Gasteiger partial charge < -0.3 is 9.64 Å². The van der Waals surface area contributed by atoms with E-state index in [0.29, 0.717) is 6.54 Å². The van der Waals surface area contributed by atoms with Gasteiger partial charge in [0.05, 0.1) is 0 Å². The number of benzene rings is 1. The van der Waals surface area contributed by atoms with Crippen molar-refractivity contribution in [1.82, 2.24) is 4.90 Å². The molecule has 94 valence electrons. The summed E-state index contributed by atoms with van der Waals surface area (Å²) in [6, 6.07) is 9.57. The lowest BCUT2D eigenvalue weighted by molar-refractivity contribution is -0.134. The third-order valence-corrected chi connectivity index (χ3v) is 2.73. The SMILES string of the molecule is CC(C)N(CCBr)C(=O)COc1ccccc1. The van der Waals surface area contributed by atoms with E-state index < -0.39 is 0 Å². The number of nitrogens with zero attached hydrogens (tertiary/aromatic N) is 1. The highest BCUT2D eigenvalue weighted by Gasteiger charge is 2.16. The summed E-state index contributed by atoms with van der Waals surface area (Å²) in [6.07, 6.45) is 0. The minimum Gasteiger partial charge on any atom is -0.484 e. The summed E-state index contributed by atoms with van der Waals surface area (Å²) < 4.78 is 5.44. The van der Waals surface area contributed by atoms with Gasteiger partial charge in [0, 0.05) is 17.9 Å². The molecule has 0 fully saturated rings. The number of hydrogen-bond acceptors (Lipinski definition) is 2. The Labute approximate surface area is 111 Å². The van der Waals surface area contributed by atoms with Crippen LogP contribution in [0.2, 0.25) is 0 Å². The van der Waals surface area contributed by atoms with E-state index in [1.54, 1.807) is 4.90 Å². The van der Waals surface area contributed by atoms with Gasteiger partial charge in [-0.25, -0.2) is 0 Å². The molecule has 0 aliphatic carbocycles. The van der Waals surface area contributed by atoms with Crippen LogP contribution < -0.4 is 4.74 Å². The quantitative estimate of drug-likeness (QED) is 0.756. The molecule has 0 spiro atoms. The fourth-order valence-electron chi connectivity index (χ4n) is 1.51. The highest BCUT2D eigenvalue weighted by atomic mass is 79.9. The Bertz CT molecular complexity index is 341. The smallest absolute Gasteiger partial charge is 0.260 e. The minimum absolute atomic E-state index is 0.0169. The molecular formula is C13H18BrNO2. The van der Waals surface area contributed by atoms with Crippen LogP contribution in [0.5, 0.6) is 5.75 Å². The topological polar surface area (TPSA) is 29.5 Å². The highest BCUT2D eigenvalue weighted by molar-refractivity contribution is 9.09. The molecule has 0 atom stereocenters. The molecule has 4 heteroatoms. The molecule has 0 saturated carbocycles. The van der Waals surface area contributed by atoms with Crippen molar-refractivity contribution in [2.45, 2.75) is 19.9 Å². The standard InChI is InChI=1S/C13H18BrNO2/c1-11(2)15(9-8-14)13(16)10-17-12-6-4-3-5-7-12/h3-7,11H,8-10H2,1-2H3. The van der Waals surface area contributed by atoms with Gasteiger partial charge in [0.1, 0.15) is 5.75 Å². The third-order valence-electron chi connectivity index (χ3n) is 2.37. The first kappa shape index (κ1) is 14.0. The molecule has 0 radical (unpaired) electrons. The van der Waals surface area contributed by atoms with Crippen molar-refractivity contribution < 1.29 is 9.53 Å². The monoisotopic (exact) mass is 299 g/mol. The fraction of sp³-hybridized carbons (Fsp3) is 0.462. The molecule has 0 aliphatic heterocycles. The van der Waals surface area contributed by atoms with Gasteiger partial charge in [-0.15, -0.1) is 0 Å². The van der Waals surface area contributed by atoms with Gasteiger partial charge in [-0.3, -0.25) is 4.79 Å². The van der Waals surface area contributed by atoms with Gasteiger partial charge in [0.15, 0.2) is 6.61 Å². The fourth-order valence-corrected chi connectivity index (χ4v) is 1.89. The molecule has 0 unspecified atom stereocenters. The van der Waals surface area contributed by atoms with Crippen LogP contribution in [0.4, 0.5) is 0 Å². The van der Waals surface area contributed by atoms with E-state index in [1.165, 1.54) is 0 Å². The lowest BCUT2D eigenvalue weighted by atomic mass is 10.3. The van der Waals surface area contributed by atoms with Gasteiger partial charge in [-0.05, 0) is 26.0 Å². The second kappa shape index (κ2) is 7.33. The van der Waals surface area contributed by atoms with Crippen LogP contribution in [0.25, 0.3) is 0 Å². The van der Waals surface area contributed by atoms with Gasteiger partial charge in [-0.1, -0.05) is 34.1 Å². The molecule has 0 bridgehead atoms. The second-order valence-electron chi connectivity index (χ2n) is 3.97. The maximum atomic E-state index is 11.9. The Balaban J connectivity index is 2.47. The van der Waals surface area contributed by atoms with Crippen LogP contribution in [0.3, 0.4) is 0 Å². The Morgan fingerprint density at radius 2 is 2.00 bits per heavy atom. The molecule has 0 saturated heterocycles. The zero-order valence-electron chi connectivity index (χ0n) is 10.2. The molecule has 0 aliphatic rings. The summed E-state index contributed by atoms with van der Waals surface area (Å²) in [7, 11) is 0. The van der Waals surface area contributed by atoms with E-state index in [1.807, 2.05) is 44.2 Å². The van der Waals surface area contributed by atoms with Crippen LogP contribution in [0.15, 0.2) is 30.3 Å². The van der Waals surface area contributed by atoms with Crippen LogP contribution in [-0.4, -0.2) is 35.3 Å². The summed E-state index contributed by atoms with van der Waals surface area (Å²) in [5.74, 6) is 0.742. The number of para-hydroxylation sites is 1. The van der Waals surface area contributed by atoms with E-state index in [9.17, 15) is 4.79 Å². The first-order valence-corrected chi connectivity index (χ1v) is 6.80. The average molecular weight is 300 g/mol. The van der Waals surface area contributed by atoms with E-state index in [2.05, 4.69) is 15.9 Å². The van der Waals surface area contributed by atoms with E-state index in [-0.39, 0.29) is 18.6 Å². The number of carbonyl (C=O) groups is 1. The molecule has 0 N–H and O–H groups in total. The highest BCUT2D eigenvalue weighted by Crippen LogP contribution is 2.09. The number of amides is 1. The summed E-state index contributed by atoms with van der Waals surface area (Å²) in [5.41, 5.74) is 0. The van der Waals surface area contributed by atoms with Crippen LogP contribution in [0, 0.1) is 0 Å². The van der Waals surface area contributed by atoms with Crippen molar-refractivity contribution in [1.29, 1.82) is 0 Å². The maximum Gasteiger partial charge on any atom is 0.260 e. The van der Waals surface area contributed by atoms with Crippen molar-refractivity contribution in [2.24, 2.45) is 0 Å². The number of halogens is 1. The second-order valence-corrected chi connectivity index (χ2v) is 4.76. The van der Waals surface area contributed by atoms with Crippen molar-refractivity contribution in [2.75, 3.05) is 18.5 Å². The molecule has 0 aromatic heterocycles. The van der Waals surface area contributed by atoms with Gasteiger partial charge in [-0.2, -0.15) is 0 Å². The predicted octanol–water partition coefficient (Wildman–Crippen LogP) is 2.70. The Hall–Kier alpha value is -1.03. The number of rotatable bonds is 6. The van der Waals surface area contributed by atoms with E-state index in [4.69, 9.17) is 4.74 Å². The molecule has 1 amide bonds. The van der Waals surface area contributed by atoms with E-state index >= 15 is 0 Å². The summed E-state index contributed by atoms with van der Waals surface area (Å²) in [5, 5.41) is 0.780. The van der Waals surface area contributed by atoms with Crippen LogP contribution in [-0.2, 0) is 4.79 Å². The zero-order chi connectivity index (χ0) is 12.7. The van der Waals surface area contributed by atoms with E-state index in [0.717, 1.165) is 11.1 Å². The molecule has 0 heterocycles. The normalized spacial score (nSPS) is 10.4. The maximum absolute atomic E-state index is 11.9. The first-order valence-electron chi connectivity index (χ1n) is 5.68. The van der Waals surface area contributed by atoms with Crippen molar-refractivity contribution >= 4 is 21.8 Å². The minimum atomic E-state index is 0.0169. The van der Waals surface area contributed by atoms with Gasteiger partial charge >= 0.3 is 0 Å². The lowest BCUT2D eigenvalue weighted by Crippen LogP contribution is -2.41. The van der Waals surface area contributed by atoms with Crippen molar-refractivity contribution in [3.8, 4) is 5.75 Å². The van der Waals surface area contributed by atoms with Gasteiger partial charge in [0.2, 0.25) is 0 Å². The van der Waals surface area contributed by atoms with Crippen molar-refractivity contribution in [3.63, 3.8) is 0 Å². The predicted molar refractivity (Wildman–Crippen MR) is 72.6 cm³/mol. The third kappa shape index (κ3) is 4.77. The Morgan fingerprint density at radius 3 is 2.53 bits per heavy atom. The molecule has 3 nitrogen and oxygen atoms in total. The lowest BCUT2D eigenvalue weighted by Gasteiger charge is -2.25. The number of hydrogen-bond donors (Lipinski definition) is 0. The van der Waals surface area contributed by atoms with Crippen LogP contribution >= 0.6 is 15.9 Å². The summed E-state index contributed by atoms with van der Waals surface area (Å²) in [6.45, 7) is 4.80. The Kier molecular flexibility index (Phi) is 6.05. The number of ether oxygens (including phenoxy) is 1. The first-order chi connectivity index (χ1) is 8.15. The molecule has 17 heavy (non-hydrogen) atoms. The average Bonchev–Trinajstić information content (AvgIpc) is 2.34. The summed E-state index contributed by atoms with van der Waals surface area (Å²) >= 11 is 3.35. The Morgan fingerprint density at radius 1 is 1.35 bits per heavy atom. The van der Waals surface area contributed by atoms with Gasteiger partial charge in [0.25, 0.3) is 5.91 Å². The van der Waals surface area contributed by atoms with Crippen molar-refractivity contribution in [3.05, 3.63) is 30.3 Å². The molecule has 1 aromatic rings. The number of carbonyl (C=O) groups excluding carboxylic acids is 1. The largest absolute Gasteiger partial charge is 0.484 e.